The number of methoxy groups -OCH3 is 1. The van der Waals surface area contributed by atoms with Gasteiger partial charge in [0.2, 0.25) is 5.91 Å². The first-order chi connectivity index (χ1) is 13.0. The maximum Gasteiger partial charge on any atom is 0.319 e. The largest absolute Gasteiger partial charge is 0.495 e. The monoisotopic (exact) mass is 372 g/mol. The molecule has 8 heteroatoms. The Hall–Kier alpha value is -3.29. The third kappa shape index (κ3) is 6.50. The lowest BCUT2D eigenvalue weighted by atomic mass is 10.2. The van der Waals surface area contributed by atoms with Crippen molar-refractivity contribution < 1.29 is 19.1 Å². The molecule has 0 spiro atoms. The molecule has 2 aromatic rings. The molecule has 0 aliphatic heterocycles. The maximum atomic E-state index is 12.1. The molecule has 1 atom stereocenters. The fraction of sp³-hybridized carbons (Fsp3) is 0.316. The first-order valence-corrected chi connectivity index (χ1v) is 8.61. The number of nitrogens with one attached hydrogen (secondary N) is 3. The van der Waals surface area contributed by atoms with E-state index in [2.05, 4.69) is 20.9 Å². The van der Waals surface area contributed by atoms with Crippen molar-refractivity contribution in [3.8, 4) is 11.5 Å². The zero-order valence-corrected chi connectivity index (χ0v) is 15.6. The second-order valence-corrected chi connectivity index (χ2v) is 5.77. The van der Waals surface area contributed by atoms with Crippen LogP contribution in [0, 0.1) is 0 Å². The van der Waals surface area contributed by atoms with Gasteiger partial charge in [-0.25, -0.2) is 4.79 Å². The van der Waals surface area contributed by atoms with Crippen molar-refractivity contribution >= 4 is 23.3 Å². The number of hydrogen-bond acceptors (Lipinski definition) is 5. The molecule has 0 fully saturated rings. The Bertz CT molecular complexity index is 768. The van der Waals surface area contributed by atoms with E-state index in [1.807, 2.05) is 6.92 Å². The molecule has 8 nitrogen and oxygen atoms in total. The minimum atomic E-state index is -0.380. The summed E-state index contributed by atoms with van der Waals surface area (Å²) in [5, 5.41) is 8.20. The number of ether oxygens (including phenoxy) is 2. The lowest BCUT2D eigenvalue weighted by Gasteiger charge is -2.16. The lowest BCUT2D eigenvalue weighted by molar-refractivity contribution is -0.115. The van der Waals surface area contributed by atoms with Crippen molar-refractivity contribution in [2.75, 3.05) is 24.3 Å². The molecule has 0 bridgehead atoms. The predicted molar refractivity (Wildman–Crippen MR) is 103 cm³/mol. The van der Waals surface area contributed by atoms with Gasteiger partial charge in [-0.05, 0) is 37.3 Å². The van der Waals surface area contributed by atoms with Crippen molar-refractivity contribution in [3.05, 3.63) is 42.7 Å². The fourth-order valence-corrected chi connectivity index (χ4v) is 2.22. The van der Waals surface area contributed by atoms with Gasteiger partial charge in [0.05, 0.1) is 25.5 Å². The van der Waals surface area contributed by atoms with Gasteiger partial charge < -0.3 is 25.4 Å². The standard InChI is InChI=1S/C19H24N4O4/c1-4-18(24)23-16-10-14(7-8-17(16)26-3)22-19(25)21-11-13(2)27-15-6-5-9-20-12-15/h5-10,12-13H,4,11H2,1-3H3,(H,23,24)(H2,21,22,25)/t13-/m0/s1. The van der Waals surface area contributed by atoms with Crippen LogP contribution in [-0.4, -0.2) is 36.7 Å². The van der Waals surface area contributed by atoms with Crippen LogP contribution in [0.25, 0.3) is 0 Å². The second-order valence-electron chi connectivity index (χ2n) is 5.77. The highest BCUT2D eigenvalue weighted by Crippen LogP contribution is 2.28. The van der Waals surface area contributed by atoms with Crippen LogP contribution in [0.4, 0.5) is 16.2 Å². The number of aromatic nitrogens is 1. The molecule has 27 heavy (non-hydrogen) atoms. The van der Waals surface area contributed by atoms with E-state index in [-0.39, 0.29) is 18.0 Å². The molecule has 0 unspecified atom stereocenters. The van der Waals surface area contributed by atoms with Gasteiger partial charge in [-0.1, -0.05) is 6.92 Å². The normalized spacial score (nSPS) is 11.2. The van der Waals surface area contributed by atoms with Crippen LogP contribution in [0.5, 0.6) is 11.5 Å². The molecule has 0 saturated carbocycles. The van der Waals surface area contributed by atoms with Crippen LogP contribution in [0.3, 0.4) is 0 Å². The van der Waals surface area contributed by atoms with Gasteiger partial charge in [0, 0.05) is 18.3 Å². The highest BCUT2D eigenvalue weighted by atomic mass is 16.5. The first kappa shape index (κ1) is 20.0. The number of pyridine rings is 1. The van der Waals surface area contributed by atoms with E-state index < -0.39 is 0 Å². The Morgan fingerprint density at radius 3 is 2.70 bits per heavy atom. The van der Waals surface area contributed by atoms with Gasteiger partial charge in [-0.2, -0.15) is 0 Å². The van der Waals surface area contributed by atoms with E-state index in [0.29, 0.717) is 35.8 Å². The maximum absolute atomic E-state index is 12.1. The Kier molecular flexibility index (Phi) is 7.42. The van der Waals surface area contributed by atoms with Crippen molar-refractivity contribution in [2.45, 2.75) is 26.4 Å². The molecular formula is C19H24N4O4. The minimum Gasteiger partial charge on any atom is -0.495 e. The van der Waals surface area contributed by atoms with Crippen LogP contribution in [-0.2, 0) is 4.79 Å². The van der Waals surface area contributed by atoms with E-state index in [9.17, 15) is 9.59 Å². The molecule has 3 N–H and O–H groups in total. The molecule has 0 aliphatic rings. The minimum absolute atomic E-state index is 0.142. The number of benzene rings is 1. The van der Waals surface area contributed by atoms with Crippen molar-refractivity contribution in [1.82, 2.24) is 10.3 Å². The van der Waals surface area contributed by atoms with Crippen LogP contribution in [0.2, 0.25) is 0 Å². The van der Waals surface area contributed by atoms with Crippen molar-refractivity contribution in [3.63, 3.8) is 0 Å². The average Bonchev–Trinajstić information content (AvgIpc) is 2.67. The zero-order chi connectivity index (χ0) is 19.6. The van der Waals surface area contributed by atoms with E-state index in [1.165, 1.54) is 7.11 Å². The first-order valence-electron chi connectivity index (χ1n) is 8.61. The summed E-state index contributed by atoms with van der Waals surface area (Å²) in [6.07, 6.45) is 3.39. The highest BCUT2D eigenvalue weighted by molar-refractivity contribution is 5.94. The van der Waals surface area contributed by atoms with E-state index in [4.69, 9.17) is 9.47 Å². The van der Waals surface area contributed by atoms with Gasteiger partial charge in [-0.3, -0.25) is 9.78 Å². The van der Waals surface area contributed by atoms with Gasteiger partial charge >= 0.3 is 6.03 Å². The Balaban J connectivity index is 1.89. The predicted octanol–water partition coefficient (Wildman–Crippen LogP) is 3.03. The van der Waals surface area contributed by atoms with Gasteiger partial charge in [-0.15, -0.1) is 0 Å². The number of nitrogens with zero attached hydrogens (tertiary/aromatic N) is 1. The number of carbonyl (C=O) groups is 2. The summed E-state index contributed by atoms with van der Waals surface area (Å²) in [5.41, 5.74) is 1.02. The number of rotatable bonds is 8. The quantitative estimate of drug-likeness (QED) is 0.661. The lowest BCUT2D eigenvalue weighted by Crippen LogP contribution is -2.36. The Labute approximate surface area is 158 Å². The van der Waals surface area contributed by atoms with Crippen LogP contribution in [0.15, 0.2) is 42.7 Å². The fourth-order valence-electron chi connectivity index (χ4n) is 2.22. The number of anilines is 2. The molecule has 0 radical (unpaired) electrons. The third-order valence-electron chi connectivity index (χ3n) is 3.57. The molecule has 1 heterocycles. The molecule has 2 rings (SSSR count). The van der Waals surface area contributed by atoms with E-state index >= 15 is 0 Å². The van der Waals surface area contributed by atoms with Crippen LogP contribution >= 0.6 is 0 Å². The summed E-state index contributed by atoms with van der Waals surface area (Å²) >= 11 is 0. The van der Waals surface area contributed by atoms with Crippen LogP contribution in [0.1, 0.15) is 20.3 Å². The zero-order valence-electron chi connectivity index (χ0n) is 15.6. The highest BCUT2D eigenvalue weighted by Gasteiger charge is 2.10. The summed E-state index contributed by atoms with van der Waals surface area (Å²) in [7, 11) is 1.51. The van der Waals surface area contributed by atoms with Crippen molar-refractivity contribution in [2.24, 2.45) is 0 Å². The van der Waals surface area contributed by atoms with Gasteiger partial charge in [0.15, 0.2) is 0 Å². The molecule has 0 saturated heterocycles. The number of hydrogen-bond donors (Lipinski definition) is 3. The van der Waals surface area contributed by atoms with Crippen molar-refractivity contribution in [1.29, 1.82) is 0 Å². The Morgan fingerprint density at radius 1 is 1.22 bits per heavy atom. The van der Waals surface area contributed by atoms with Crippen LogP contribution < -0.4 is 25.4 Å². The second kappa shape index (κ2) is 10.0. The summed E-state index contributed by atoms with van der Waals surface area (Å²) in [4.78, 5) is 27.7. The van der Waals surface area contributed by atoms with E-state index in [0.717, 1.165) is 0 Å². The molecule has 3 amide bonds. The molecular weight excluding hydrogens is 348 g/mol. The van der Waals surface area contributed by atoms with E-state index in [1.54, 1.807) is 49.6 Å². The molecule has 0 aliphatic carbocycles. The van der Waals surface area contributed by atoms with Gasteiger partial charge in [0.25, 0.3) is 0 Å². The number of amides is 3. The number of urea groups is 1. The average molecular weight is 372 g/mol. The smallest absolute Gasteiger partial charge is 0.319 e. The summed E-state index contributed by atoms with van der Waals surface area (Å²) in [5.74, 6) is 1.01. The van der Waals surface area contributed by atoms with Gasteiger partial charge in [0.1, 0.15) is 17.6 Å². The summed E-state index contributed by atoms with van der Waals surface area (Å²) in [6.45, 7) is 3.92. The number of carbonyl (C=O) groups excluding carboxylic acids is 2. The SMILES string of the molecule is CCC(=O)Nc1cc(NC(=O)NC[C@H](C)Oc2cccnc2)ccc1OC. The topological polar surface area (TPSA) is 102 Å². The summed E-state index contributed by atoms with van der Waals surface area (Å²) in [6, 6.07) is 8.20. The Morgan fingerprint density at radius 2 is 2.04 bits per heavy atom. The molecule has 1 aromatic heterocycles. The summed E-state index contributed by atoms with van der Waals surface area (Å²) < 4.78 is 10.9. The third-order valence-corrected chi connectivity index (χ3v) is 3.57. The molecule has 144 valence electrons. The molecule has 1 aromatic carbocycles.